The molecule has 2 atom stereocenters. The second-order valence-electron chi connectivity index (χ2n) is 6.32. The predicted octanol–water partition coefficient (Wildman–Crippen LogP) is 3.65. The van der Waals surface area contributed by atoms with Crippen molar-refractivity contribution in [2.75, 3.05) is 13.2 Å². The van der Waals surface area contributed by atoms with Crippen molar-refractivity contribution in [1.82, 2.24) is 0 Å². The number of hydrogen-bond donors (Lipinski definition) is 2. The van der Waals surface area contributed by atoms with Gasteiger partial charge >= 0.3 is 11.9 Å². The van der Waals surface area contributed by atoms with Gasteiger partial charge in [-0.1, -0.05) is 26.7 Å². The van der Waals surface area contributed by atoms with Gasteiger partial charge in [-0.05, 0) is 32.6 Å². The quantitative estimate of drug-likeness (QED) is 0.319. The number of carbonyl (C=O) groups is 2. The van der Waals surface area contributed by atoms with E-state index >= 15 is 0 Å². The molecule has 0 spiro atoms. The average molecular weight is 362 g/mol. The van der Waals surface area contributed by atoms with Gasteiger partial charge in [0, 0.05) is 13.3 Å². The molecule has 0 aromatic carbocycles. The number of rotatable bonds is 16. The van der Waals surface area contributed by atoms with Gasteiger partial charge in [0.05, 0.1) is 25.2 Å². The lowest BCUT2D eigenvalue weighted by atomic mass is 9.97. The fraction of sp³-hybridized carbons (Fsp3) is 0.889. The van der Waals surface area contributed by atoms with Crippen LogP contribution in [0.1, 0.15) is 72.6 Å². The maximum Gasteiger partial charge on any atom is 0.309 e. The van der Waals surface area contributed by atoms with Gasteiger partial charge < -0.3 is 24.4 Å². The molecule has 148 valence electrons. The molecule has 0 rings (SSSR count). The first kappa shape index (κ1) is 23.8. The van der Waals surface area contributed by atoms with Crippen molar-refractivity contribution >= 4 is 11.9 Å². The van der Waals surface area contributed by atoms with E-state index in [1.807, 2.05) is 13.8 Å². The van der Waals surface area contributed by atoms with E-state index in [0.717, 1.165) is 25.7 Å². The molecule has 0 aromatic heterocycles. The summed E-state index contributed by atoms with van der Waals surface area (Å²) >= 11 is 0. The second kappa shape index (κ2) is 13.1. The Kier molecular flexibility index (Phi) is 12.5. The number of unbranched alkanes of at least 4 members (excludes halogenated alkanes) is 2. The van der Waals surface area contributed by atoms with Gasteiger partial charge in [-0.15, -0.1) is 0 Å². The average Bonchev–Trinajstić information content (AvgIpc) is 2.51. The van der Waals surface area contributed by atoms with Crippen LogP contribution in [0.15, 0.2) is 0 Å². The molecule has 7 nitrogen and oxygen atoms in total. The molecule has 2 N–H and O–H groups in total. The van der Waals surface area contributed by atoms with Crippen LogP contribution in [0.5, 0.6) is 0 Å². The fourth-order valence-electron chi connectivity index (χ4n) is 2.37. The van der Waals surface area contributed by atoms with Crippen LogP contribution >= 0.6 is 0 Å². The van der Waals surface area contributed by atoms with Gasteiger partial charge in [-0.25, -0.2) is 0 Å². The van der Waals surface area contributed by atoms with Crippen molar-refractivity contribution in [3.63, 3.8) is 0 Å². The minimum absolute atomic E-state index is 0.0617. The van der Waals surface area contributed by atoms with E-state index < -0.39 is 29.9 Å². The predicted molar refractivity (Wildman–Crippen MR) is 93.3 cm³/mol. The molecule has 0 saturated heterocycles. The maximum absolute atomic E-state index is 11.5. The summed E-state index contributed by atoms with van der Waals surface area (Å²) < 4.78 is 17.3. The molecule has 0 radical (unpaired) electrons. The van der Waals surface area contributed by atoms with E-state index in [0.29, 0.717) is 13.2 Å². The third kappa shape index (κ3) is 11.1. The van der Waals surface area contributed by atoms with E-state index in [1.165, 1.54) is 0 Å². The number of hydrogen-bond acceptors (Lipinski definition) is 5. The van der Waals surface area contributed by atoms with Crippen LogP contribution in [-0.4, -0.2) is 47.4 Å². The van der Waals surface area contributed by atoms with Crippen molar-refractivity contribution in [2.45, 2.75) is 84.7 Å². The molecule has 0 aliphatic rings. The zero-order chi connectivity index (χ0) is 19.3. The molecule has 0 amide bonds. The monoisotopic (exact) mass is 362 g/mol. The Labute approximate surface area is 150 Å². The lowest BCUT2D eigenvalue weighted by Gasteiger charge is -2.34. The van der Waals surface area contributed by atoms with Gasteiger partial charge in [0.25, 0.3) is 5.97 Å². The zero-order valence-electron chi connectivity index (χ0n) is 16.0. The highest BCUT2D eigenvalue weighted by Crippen LogP contribution is 2.25. The van der Waals surface area contributed by atoms with Crippen LogP contribution < -0.4 is 0 Å². The number of ether oxygens (including phenoxy) is 3. The van der Waals surface area contributed by atoms with Crippen molar-refractivity contribution in [2.24, 2.45) is 5.92 Å². The summed E-state index contributed by atoms with van der Waals surface area (Å²) in [4.78, 5) is 22.1. The topological polar surface area (TPSA) is 102 Å². The van der Waals surface area contributed by atoms with Gasteiger partial charge in [-0.3, -0.25) is 9.59 Å². The highest BCUT2D eigenvalue weighted by Gasteiger charge is 2.35. The minimum Gasteiger partial charge on any atom is -0.481 e. The van der Waals surface area contributed by atoms with Gasteiger partial charge in [0.15, 0.2) is 0 Å². The Morgan fingerprint density at radius 2 is 1.52 bits per heavy atom. The Hall–Kier alpha value is -1.18. The first-order valence-electron chi connectivity index (χ1n) is 9.16. The molecular weight excluding hydrogens is 328 g/mol. The molecule has 0 heterocycles. The number of carboxylic acids is 2. The molecule has 0 fully saturated rings. The Morgan fingerprint density at radius 3 is 1.92 bits per heavy atom. The fourth-order valence-corrected chi connectivity index (χ4v) is 2.37. The molecule has 7 heteroatoms. The van der Waals surface area contributed by atoms with Gasteiger partial charge in [0.2, 0.25) is 0 Å². The summed E-state index contributed by atoms with van der Waals surface area (Å²) in [5.74, 6) is -4.07. The molecule has 0 aromatic rings. The molecule has 0 saturated carbocycles. The maximum atomic E-state index is 11.5. The van der Waals surface area contributed by atoms with E-state index in [4.69, 9.17) is 19.3 Å². The van der Waals surface area contributed by atoms with E-state index in [2.05, 4.69) is 0 Å². The summed E-state index contributed by atoms with van der Waals surface area (Å²) in [6, 6.07) is 0. The lowest BCUT2D eigenvalue weighted by Crippen LogP contribution is -2.43. The third-order valence-electron chi connectivity index (χ3n) is 3.91. The Balaban J connectivity index is 4.81. The van der Waals surface area contributed by atoms with Crippen LogP contribution in [0.4, 0.5) is 0 Å². The molecule has 25 heavy (non-hydrogen) atoms. The second-order valence-corrected chi connectivity index (χ2v) is 6.32. The number of aliphatic carboxylic acids is 2. The lowest BCUT2D eigenvalue weighted by molar-refractivity contribution is -0.385. The molecule has 2 unspecified atom stereocenters. The van der Waals surface area contributed by atoms with Gasteiger partial charge in [-0.2, -0.15) is 0 Å². The SMILES string of the molecule is CCCCOC(C)(OCCCC)OC(C)C(CCCC(=O)O)C(=O)O. The van der Waals surface area contributed by atoms with Crippen molar-refractivity contribution < 1.29 is 34.0 Å². The Bertz CT molecular complexity index is 374. The van der Waals surface area contributed by atoms with Crippen molar-refractivity contribution in [3.8, 4) is 0 Å². The zero-order valence-corrected chi connectivity index (χ0v) is 16.0. The highest BCUT2D eigenvalue weighted by molar-refractivity contribution is 5.71. The highest BCUT2D eigenvalue weighted by atomic mass is 16.9. The summed E-state index contributed by atoms with van der Waals surface area (Å²) in [7, 11) is 0. The summed E-state index contributed by atoms with van der Waals surface area (Å²) in [5, 5.41) is 18.1. The first-order valence-corrected chi connectivity index (χ1v) is 9.16. The van der Waals surface area contributed by atoms with E-state index in [9.17, 15) is 14.7 Å². The molecule has 0 bridgehead atoms. The summed E-state index contributed by atoms with van der Waals surface area (Å²) in [5.41, 5.74) is 0. The van der Waals surface area contributed by atoms with Crippen molar-refractivity contribution in [1.29, 1.82) is 0 Å². The van der Waals surface area contributed by atoms with Crippen LogP contribution in [0.2, 0.25) is 0 Å². The van der Waals surface area contributed by atoms with Crippen LogP contribution in [0.25, 0.3) is 0 Å². The third-order valence-corrected chi connectivity index (χ3v) is 3.91. The normalized spacial score (nSPS) is 14.2. The van der Waals surface area contributed by atoms with Crippen molar-refractivity contribution in [3.05, 3.63) is 0 Å². The molecular formula is C18H34O7. The minimum atomic E-state index is -1.30. The van der Waals surface area contributed by atoms with E-state index in [-0.39, 0.29) is 19.3 Å². The first-order chi connectivity index (χ1) is 11.8. The largest absolute Gasteiger partial charge is 0.481 e. The van der Waals surface area contributed by atoms with Crippen LogP contribution in [0.3, 0.4) is 0 Å². The smallest absolute Gasteiger partial charge is 0.309 e. The summed E-state index contributed by atoms with van der Waals surface area (Å²) in [6.45, 7) is 8.33. The Morgan fingerprint density at radius 1 is 1.00 bits per heavy atom. The standard InChI is InChI=1S/C18H34O7/c1-5-7-12-23-18(4,24-13-8-6-2)25-14(3)15(17(21)22)10-9-11-16(19)20/h14-15H,5-13H2,1-4H3,(H,19,20)(H,21,22). The van der Waals surface area contributed by atoms with Crippen LogP contribution in [-0.2, 0) is 23.8 Å². The van der Waals surface area contributed by atoms with Crippen LogP contribution in [0, 0.1) is 5.92 Å². The molecule has 0 aliphatic heterocycles. The van der Waals surface area contributed by atoms with Gasteiger partial charge in [0.1, 0.15) is 0 Å². The van der Waals surface area contributed by atoms with E-state index in [1.54, 1.807) is 13.8 Å². The number of carboxylic acid groups (broad SMARTS) is 2. The molecule has 0 aliphatic carbocycles. The summed E-state index contributed by atoms with van der Waals surface area (Å²) in [6.07, 6.45) is 3.41.